The van der Waals surface area contributed by atoms with Gasteiger partial charge in [-0.3, -0.25) is 9.59 Å². The zero-order valence-corrected chi connectivity index (χ0v) is 20.2. The summed E-state index contributed by atoms with van der Waals surface area (Å²) in [7, 11) is 1.63. The number of likely N-dealkylation sites (tertiary alicyclic amines) is 2. The Kier molecular flexibility index (Phi) is 5.61. The standard InChI is InChI=1S/C27H32N4O4/c1-34-22-9-5-4-8-21(22)24-29-28-23(35-24)18-10-13-30(14-11-18)26(33)27-12-15-31(17-20(27)16-27)25(32)19-6-2-3-7-19/h4-6,8-9,18,20H,2-3,7,10-17H2,1H3. The molecule has 2 saturated heterocycles. The lowest BCUT2D eigenvalue weighted by Crippen LogP contribution is -2.47. The second kappa shape index (κ2) is 8.81. The fraction of sp³-hybridized carbons (Fsp3) is 0.556. The quantitative estimate of drug-likeness (QED) is 0.652. The van der Waals surface area contributed by atoms with Crippen LogP contribution in [0.4, 0.5) is 0 Å². The Balaban J connectivity index is 1.05. The maximum Gasteiger partial charge on any atom is 0.251 e. The van der Waals surface area contributed by atoms with Crippen molar-refractivity contribution in [3.8, 4) is 17.2 Å². The molecule has 6 rings (SSSR count). The maximum absolute atomic E-state index is 13.5. The Labute approximate surface area is 205 Å². The molecule has 0 N–H and O–H groups in total. The maximum atomic E-state index is 13.5. The van der Waals surface area contributed by atoms with Crippen molar-refractivity contribution in [2.45, 2.75) is 50.9 Å². The Morgan fingerprint density at radius 3 is 2.69 bits per heavy atom. The molecule has 1 saturated carbocycles. The van der Waals surface area contributed by atoms with Crippen molar-refractivity contribution in [3.63, 3.8) is 0 Å². The number of amides is 2. The van der Waals surface area contributed by atoms with Crippen molar-refractivity contribution >= 4 is 11.8 Å². The second-order valence-electron chi connectivity index (χ2n) is 10.4. The van der Waals surface area contributed by atoms with Crippen molar-refractivity contribution in [1.82, 2.24) is 20.0 Å². The smallest absolute Gasteiger partial charge is 0.251 e. The first kappa shape index (κ1) is 22.3. The van der Waals surface area contributed by atoms with E-state index >= 15 is 0 Å². The number of allylic oxidation sites excluding steroid dienone is 1. The van der Waals surface area contributed by atoms with Crippen LogP contribution in [0.15, 0.2) is 40.3 Å². The average molecular weight is 477 g/mol. The zero-order chi connectivity index (χ0) is 24.0. The molecule has 2 aromatic rings. The number of nitrogens with zero attached hydrogens (tertiary/aromatic N) is 4. The van der Waals surface area contributed by atoms with Crippen LogP contribution in [0.2, 0.25) is 0 Å². The fourth-order valence-corrected chi connectivity index (χ4v) is 6.21. The zero-order valence-electron chi connectivity index (χ0n) is 20.2. The Hall–Kier alpha value is -3.16. The van der Waals surface area contributed by atoms with Gasteiger partial charge in [0, 0.05) is 37.7 Å². The minimum atomic E-state index is -0.241. The molecule has 2 aliphatic heterocycles. The normalized spacial score (nSPS) is 26.3. The molecule has 2 atom stereocenters. The summed E-state index contributed by atoms with van der Waals surface area (Å²) in [5.41, 5.74) is 1.52. The largest absolute Gasteiger partial charge is 0.496 e. The van der Waals surface area contributed by atoms with E-state index in [0.717, 1.165) is 62.6 Å². The number of methoxy groups -OCH3 is 1. The topological polar surface area (TPSA) is 88.8 Å². The Morgan fingerprint density at radius 2 is 1.94 bits per heavy atom. The minimum absolute atomic E-state index is 0.154. The summed E-state index contributed by atoms with van der Waals surface area (Å²) in [4.78, 5) is 30.3. The highest BCUT2D eigenvalue weighted by Crippen LogP contribution is 2.59. The van der Waals surface area contributed by atoms with Crippen molar-refractivity contribution < 1.29 is 18.7 Å². The van der Waals surface area contributed by atoms with Crippen LogP contribution in [0.5, 0.6) is 5.75 Å². The van der Waals surface area contributed by atoms with Gasteiger partial charge in [0.25, 0.3) is 5.89 Å². The van der Waals surface area contributed by atoms with Crippen LogP contribution in [0.25, 0.3) is 11.5 Å². The fourth-order valence-electron chi connectivity index (χ4n) is 6.21. The van der Waals surface area contributed by atoms with E-state index in [9.17, 15) is 9.59 Å². The summed E-state index contributed by atoms with van der Waals surface area (Å²) >= 11 is 0. The highest BCUT2D eigenvalue weighted by molar-refractivity contribution is 5.94. The summed E-state index contributed by atoms with van der Waals surface area (Å²) in [5.74, 6) is 2.75. The molecule has 8 heteroatoms. The van der Waals surface area contributed by atoms with Crippen molar-refractivity contribution in [2.75, 3.05) is 33.3 Å². The summed E-state index contributed by atoms with van der Waals surface area (Å²) < 4.78 is 11.4. The first-order valence-electron chi connectivity index (χ1n) is 12.8. The van der Waals surface area contributed by atoms with Gasteiger partial charge in [0.05, 0.1) is 18.1 Å². The van der Waals surface area contributed by atoms with Crippen LogP contribution < -0.4 is 4.74 Å². The molecular formula is C27H32N4O4. The van der Waals surface area contributed by atoms with Gasteiger partial charge >= 0.3 is 0 Å². The lowest BCUT2D eigenvalue weighted by atomic mass is 9.90. The van der Waals surface area contributed by atoms with E-state index in [1.54, 1.807) is 7.11 Å². The minimum Gasteiger partial charge on any atom is -0.496 e. The highest BCUT2D eigenvalue weighted by Gasteiger charge is 2.63. The number of para-hydroxylation sites is 1. The first-order valence-corrected chi connectivity index (χ1v) is 12.8. The van der Waals surface area contributed by atoms with Gasteiger partial charge in [0.15, 0.2) is 0 Å². The number of hydrogen-bond donors (Lipinski definition) is 0. The van der Waals surface area contributed by atoms with Gasteiger partial charge in [-0.15, -0.1) is 10.2 Å². The van der Waals surface area contributed by atoms with E-state index < -0.39 is 0 Å². The van der Waals surface area contributed by atoms with Gasteiger partial charge in [-0.25, -0.2) is 0 Å². The second-order valence-corrected chi connectivity index (χ2v) is 10.4. The highest BCUT2D eigenvalue weighted by atomic mass is 16.5. The van der Waals surface area contributed by atoms with Crippen molar-refractivity contribution in [3.05, 3.63) is 41.8 Å². The molecule has 1 aromatic heterocycles. The third-order valence-electron chi connectivity index (χ3n) is 8.44. The number of ether oxygens (including phenoxy) is 1. The monoisotopic (exact) mass is 476 g/mol. The molecule has 1 aromatic carbocycles. The molecule has 35 heavy (non-hydrogen) atoms. The Bertz CT molecular complexity index is 1170. The number of hydrogen-bond acceptors (Lipinski definition) is 6. The number of rotatable bonds is 5. The van der Waals surface area contributed by atoms with Crippen LogP contribution in [-0.4, -0.2) is 65.1 Å². The SMILES string of the molecule is COc1ccccc1-c1nnc(C2CCN(C(=O)C34CCN(C(=O)C5=CCCC5)CC3C4)CC2)o1. The lowest BCUT2D eigenvalue weighted by molar-refractivity contribution is -0.142. The van der Waals surface area contributed by atoms with E-state index in [2.05, 4.69) is 16.3 Å². The molecule has 0 spiro atoms. The summed E-state index contributed by atoms with van der Waals surface area (Å²) in [5, 5.41) is 8.56. The van der Waals surface area contributed by atoms with Gasteiger partial charge in [0.2, 0.25) is 17.7 Å². The van der Waals surface area contributed by atoms with Crippen LogP contribution in [-0.2, 0) is 9.59 Å². The van der Waals surface area contributed by atoms with Crippen molar-refractivity contribution in [1.29, 1.82) is 0 Å². The van der Waals surface area contributed by atoms with Crippen molar-refractivity contribution in [2.24, 2.45) is 11.3 Å². The molecule has 2 aliphatic carbocycles. The molecule has 4 aliphatic rings. The first-order chi connectivity index (χ1) is 17.1. The predicted octanol–water partition coefficient (Wildman–Crippen LogP) is 3.80. The molecule has 2 amide bonds. The van der Waals surface area contributed by atoms with E-state index in [0.29, 0.717) is 43.1 Å². The van der Waals surface area contributed by atoms with Gasteiger partial charge < -0.3 is 19.0 Å². The van der Waals surface area contributed by atoms with Gasteiger partial charge in [-0.2, -0.15) is 0 Å². The molecular weight excluding hydrogens is 444 g/mol. The number of fused-ring (bicyclic) bond motifs is 1. The molecule has 0 bridgehead atoms. The Morgan fingerprint density at radius 1 is 1.11 bits per heavy atom. The van der Waals surface area contributed by atoms with Crippen LogP contribution in [0, 0.1) is 11.3 Å². The van der Waals surface area contributed by atoms with Crippen LogP contribution in [0.1, 0.15) is 56.8 Å². The third-order valence-corrected chi connectivity index (χ3v) is 8.44. The van der Waals surface area contributed by atoms with Gasteiger partial charge in [-0.1, -0.05) is 18.2 Å². The number of benzene rings is 1. The van der Waals surface area contributed by atoms with Gasteiger partial charge in [0.1, 0.15) is 5.75 Å². The van der Waals surface area contributed by atoms with Crippen LogP contribution in [0.3, 0.4) is 0 Å². The summed E-state index contributed by atoms with van der Waals surface area (Å²) in [6.45, 7) is 2.84. The summed E-state index contributed by atoms with van der Waals surface area (Å²) in [6.07, 6.45) is 8.44. The number of carbonyl (C=O) groups excluding carboxylic acids is 2. The summed E-state index contributed by atoms with van der Waals surface area (Å²) in [6, 6.07) is 7.61. The lowest BCUT2D eigenvalue weighted by Gasteiger charge is -2.37. The van der Waals surface area contributed by atoms with Gasteiger partial charge in [-0.05, 0) is 63.0 Å². The number of aromatic nitrogens is 2. The van der Waals surface area contributed by atoms with E-state index in [4.69, 9.17) is 9.15 Å². The van der Waals surface area contributed by atoms with E-state index in [-0.39, 0.29) is 23.1 Å². The number of piperidine rings is 2. The third kappa shape index (κ3) is 3.93. The van der Waals surface area contributed by atoms with E-state index in [1.165, 1.54) is 0 Å². The van der Waals surface area contributed by atoms with Crippen LogP contribution >= 0.6 is 0 Å². The molecule has 0 radical (unpaired) electrons. The average Bonchev–Trinajstić information content (AvgIpc) is 3.23. The molecule has 8 nitrogen and oxygen atoms in total. The predicted molar refractivity (Wildman–Crippen MR) is 129 cm³/mol. The molecule has 3 heterocycles. The molecule has 3 fully saturated rings. The number of carbonyl (C=O) groups is 2. The molecule has 184 valence electrons. The van der Waals surface area contributed by atoms with E-state index in [1.807, 2.05) is 34.1 Å². The molecule has 2 unspecified atom stereocenters.